The summed E-state index contributed by atoms with van der Waals surface area (Å²) in [5.74, 6) is 1.75. The number of hydrogen-bond acceptors (Lipinski definition) is 6. The molecule has 2 fully saturated rings. The van der Waals surface area contributed by atoms with Gasteiger partial charge in [0.25, 0.3) is 0 Å². The molecular weight excluding hydrogens is 366 g/mol. The third-order valence-electron chi connectivity index (χ3n) is 5.34. The van der Waals surface area contributed by atoms with Gasteiger partial charge in [0, 0.05) is 31.5 Å². The molecule has 144 valence electrons. The Labute approximate surface area is 158 Å². The number of aromatic nitrogens is 1. The topological polar surface area (TPSA) is 83.7 Å². The number of furan rings is 1. The van der Waals surface area contributed by atoms with Gasteiger partial charge in [-0.1, -0.05) is 6.07 Å². The summed E-state index contributed by atoms with van der Waals surface area (Å²) in [6.45, 7) is 3.61. The average Bonchev–Trinajstić information content (AvgIpc) is 3.17. The largest absolute Gasteiger partial charge is 0.465 e. The van der Waals surface area contributed by atoms with Crippen LogP contribution in [0.4, 0.5) is 0 Å². The van der Waals surface area contributed by atoms with Crippen LogP contribution in [-0.4, -0.2) is 65.8 Å². The Morgan fingerprint density at radius 1 is 1.22 bits per heavy atom. The third-order valence-corrected chi connectivity index (χ3v) is 7.04. The Morgan fingerprint density at radius 3 is 2.74 bits per heavy atom. The van der Waals surface area contributed by atoms with Crippen molar-refractivity contribution >= 4 is 15.7 Å². The number of nitrogens with zero attached hydrogens (tertiary/aromatic N) is 3. The van der Waals surface area contributed by atoms with Crippen molar-refractivity contribution < 1.29 is 17.6 Å². The number of amides is 1. The maximum atomic E-state index is 12.9. The monoisotopic (exact) mass is 389 g/mol. The first-order valence-corrected chi connectivity index (χ1v) is 10.9. The Bertz CT molecular complexity index is 925. The Kier molecular flexibility index (Phi) is 4.77. The molecule has 1 amide bonds. The molecule has 4 heterocycles. The van der Waals surface area contributed by atoms with Crippen LogP contribution in [0.1, 0.15) is 17.1 Å². The summed E-state index contributed by atoms with van der Waals surface area (Å²) >= 11 is 0. The van der Waals surface area contributed by atoms with Crippen molar-refractivity contribution in [2.24, 2.45) is 0 Å². The van der Waals surface area contributed by atoms with Crippen LogP contribution in [0.2, 0.25) is 0 Å². The van der Waals surface area contributed by atoms with E-state index in [-0.39, 0.29) is 35.9 Å². The molecule has 0 bridgehead atoms. The molecule has 4 rings (SSSR count). The van der Waals surface area contributed by atoms with E-state index in [0.717, 1.165) is 17.1 Å². The smallest absolute Gasteiger partial charge is 0.227 e. The minimum absolute atomic E-state index is 0.0319. The van der Waals surface area contributed by atoms with Gasteiger partial charge >= 0.3 is 0 Å². The molecular formula is C19H23N3O4S. The van der Waals surface area contributed by atoms with Gasteiger partial charge < -0.3 is 9.32 Å². The predicted octanol–water partition coefficient (Wildman–Crippen LogP) is 1.04. The van der Waals surface area contributed by atoms with Gasteiger partial charge in [-0.3, -0.25) is 14.7 Å². The first-order chi connectivity index (χ1) is 12.9. The van der Waals surface area contributed by atoms with Gasteiger partial charge in [-0.15, -0.1) is 0 Å². The summed E-state index contributed by atoms with van der Waals surface area (Å²) in [5, 5.41) is 0. The molecule has 2 atom stereocenters. The molecule has 0 saturated carbocycles. The van der Waals surface area contributed by atoms with Gasteiger partial charge in [-0.2, -0.15) is 0 Å². The molecule has 0 spiro atoms. The fourth-order valence-electron chi connectivity index (χ4n) is 4.08. The number of carbonyl (C=O) groups excluding carboxylic acids is 1. The lowest BCUT2D eigenvalue weighted by atomic mass is 10.0. The van der Waals surface area contributed by atoms with Crippen LogP contribution in [0, 0.1) is 6.92 Å². The first kappa shape index (κ1) is 18.2. The molecule has 2 aromatic rings. The molecule has 27 heavy (non-hydrogen) atoms. The number of rotatable bonds is 4. The highest BCUT2D eigenvalue weighted by Crippen LogP contribution is 2.29. The molecule has 0 radical (unpaired) electrons. The van der Waals surface area contributed by atoms with Crippen LogP contribution >= 0.6 is 0 Å². The number of pyridine rings is 1. The van der Waals surface area contributed by atoms with Gasteiger partial charge in [0.05, 0.1) is 30.5 Å². The molecule has 0 unspecified atom stereocenters. The van der Waals surface area contributed by atoms with Gasteiger partial charge in [0.2, 0.25) is 5.91 Å². The molecule has 2 aromatic heterocycles. The van der Waals surface area contributed by atoms with Gasteiger partial charge in [-0.25, -0.2) is 8.42 Å². The van der Waals surface area contributed by atoms with Gasteiger partial charge in [-0.05, 0) is 30.7 Å². The fraction of sp³-hybridized carbons (Fsp3) is 0.474. The zero-order valence-corrected chi connectivity index (χ0v) is 16.1. The number of carbonyl (C=O) groups is 1. The highest BCUT2D eigenvalue weighted by atomic mass is 32.2. The summed E-state index contributed by atoms with van der Waals surface area (Å²) in [7, 11) is -3.17. The van der Waals surface area contributed by atoms with Crippen molar-refractivity contribution in [1.29, 1.82) is 0 Å². The molecule has 2 aliphatic heterocycles. The highest BCUT2D eigenvalue weighted by molar-refractivity contribution is 7.91. The van der Waals surface area contributed by atoms with Crippen molar-refractivity contribution in [2.45, 2.75) is 32.0 Å². The van der Waals surface area contributed by atoms with E-state index in [4.69, 9.17) is 4.42 Å². The summed E-state index contributed by atoms with van der Waals surface area (Å²) in [4.78, 5) is 20.8. The molecule has 0 N–H and O–H groups in total. The maximum absolute atomic E-state index is 12.9. The molecule has 0 aromatic carbocycles. The average molecular weight is 389 g/mol. The van der Waals surface area contributed by atoms with Crippen molar-refractivity contribution in [2.75, 3.05) is 24.6 Å². The fourth-order valence-corrected chi connectivity index (χ4v) is 6.09. The number of piperazine rings is 1. The number of fused-ring (bicyclic) bond motifs is 1. The maximum Gasteiger partial charge on any atom is 0.227 e. The highest BCUT2D eigenvalue weighted by Gasteiger charge is 2.47. The standard InChI is InChI=1S/C19H23N3O4S/c1-14-4-5-16(26-14)11-21-7-8-22(18-13-27(24,25)12-17(18)21)19(23)9-15-3-2-6-20-10-15/h2-6,10,17-18H,7-9,11-13H2,1H3/t17-,18+/m0/s1. The minimum atomic E-state index is -3.17. The van der Waals surface area contributed by atoms with Crippen LogP contribution in [0.3, 0.4) is 0 Å². The van der Waals surface area contributed by atoms with Crippen LogP contribution in [0.5, 0.6) is 0 Å². The lowest BCUT2D eigenvalue weighted by Gasteiger charge is -2.43. The molecule has 7 nitrogen and oxygen atoms in total. The van der Waals surface area contributed by atoms with Crippen molar-refractivity contribution in [3.8, 4) is 0 Å². The van der Waals surface area contributed by atoms with E-state index in [9.17, 15) is 13.2 Å². The Morgan fingerprint density at radius 2 is 2.04 bits per heavy atom. The lowest BCUT2D eigenvalue weighted by molar-refractivity contribution is -0.136. The Hall–Kier alpha value is -2.19. The second-order valence-electron chi connectivity index (χ2n) is 7.32. The van der Waals surface area contributed by atoms with E-state index in [2.05, 4.69) is 9.88 Å². The van der Waals surface area contributed by atoms with Crippen LogP contribution in [-0.2, 0) is 27.6 Å². The van der Waals surface area contributed by atoms with E-state index in [1.54, 1.807) is 23.4 Å². The summed E-state index contributed by atoms with van der Waals surface area (Å²) in [6, 6.07) is 7.01. The Balaban J connectivity index is 1.52. The number of sulfone groups is 1. The molecule has 2 aliphatic rings. The quantitative estimate of drug-likeness (QED) is 0.777. The number of hydrogen-bond donors (Lipinski definition) is 0. The van der Waals surface area contributed by atoms with Crippen molar-refractivity contribution in [3.05, 3.63) is 53.7 Å². The van der Waals surface area contributed by atoms with E-state index < -0.39 is 9.84 Å². The normalized spacial score (nSPS) is 24.7. The van der Waals surface area contributed by atoms with E-state index in [1.165, 1.54) is 0 Å². The van der Waals surface area contributed by atoms with E-state index in [0.29, 0.717) is 19.6 Å². The van der Waals surface area contributed by atoms with Gasteiger partial charge in [0.1, 0.15) is 11.5 Å². The van der Waals surface area contributed by atoms with E-state index >= 15 is 0 Å². The van der Waals surface area contributed by atoms with Crippen LogP contribution < -0.4 is 0 Å². The summed E-state index contributed by atoms with van der Waals surface area (Å²) < 4.78 is 30.3. The van der Waals surface area contributed by atoms with Crippen LogP contribution in [0.25, 0.3) is 0 Å². The second-order valence-corrected chi connectivity index (χ2v) is 9.47. The second kappa shape index (κ2) is 7.09. The van der Waals surface area contributed by atoms with Crippen molar-refractivity contribution in [1.82, 2.24) is 14.8 Å². The van der Waals surface area contributed by atoms with Crippen LogP contribution in [0.15, 0.2) is 41.1 Å². The van der Waals surface area contributed by atoms with E-state index in [1.807, 2.05) is 25.1 Å². The number of aryl methyl sites for hydroxylation is 1. The zero-order valence-electron chi connectivity index (χ0n) is 15.2. The lowest BCUT2D eigenvalue weighted by Crippen LogP contribution is -2.60. The third kappa shape index (κ3) is 3.91. The first-order valence-electron chi connectivity index (χ1n) is 9.09. The molecule has 2 saturated heterocycles. The summed E-state index contributed by atoms with van der Waals surface area (Å²) in [5.41, 5.74) is 0.841. The molecule has 8 heteroatoms. The zero-order chi connectivity index (χ0) is 19.0. The molecule has 0 aliphatic carbocycles. The SMILES string of the molecule is Cc1ccc(CN2CCN(C(=O)Cc3cccnc3)[C@@H]3CS(=O)(=O)C[C@@H]32)o1. The summed E-state index contributed by atoms with van der Waals surface area (Å²) in [6.07, 6.45) is 3.59. The van der Waals surface area contributed by atoms with Gasteiger partial charge in [0.15, 0.2) is 9.84 Å². The predicted molar refractivity (Wildman–Crippen MR) is 99.7 cm³/mol. The minimum Gasteiger partial charge on any atom is -0.465 e. The van der Waals surface area contributed by atoms with Crippen molar-refractivity contribution in [3.63, 3.8) is 0 Å².